The van der Waals surface area contributed by atoms with E-state index in [1.54, 1.807) is 6.07 Å². The number of amides is 1. The molecule has 3 rings (SSSR count). The molecule has 2 heterocycles. The predicted octanol–water partition coefficient (Wildman–Crippen LogP) is 2.70. The fraction of sp³-hybridized carbons (Fsp3) is 0.389. The highest BCUT2D eigenvalue weighted by Gasteiger charge is 2.26. The highest BCUT2D eigenvalue weighted by atomic mass is 16.2. The lowest BCUT2D eigenvalue weighted by Crippen LogP contribution is -2.39. The van der Waals surface area contributed by atoms with Crippen LogP contribution in [0.3, 0.4) is 0 Å². The molecule has 5 nitrogen and oxygen atoms in total. The first-order valence-corrected chi connectivity index (χ1v) is 8.00. The van der Waals surface area contributed by atoms with E-state index in [1.165, 1.54) is 11.1 Å². The highest BCUT2D eigenvalue weighted by molar-refractivity contribution is 5.92. The molecule has 1 aliphatic heterocycles. The number of aromatic nitrogens is 2. The van der Waals surface area contributed by atoms with Gasteiger partial charge in [-0.3, -0.25) is 4.79 Å². The van der Waals surface area contributed by atoms with Gasteiger partial charge < -0.3 is 10.6 Å². The zero-order chi connectivity index (χ0) is 16.4. The third-order valence-corrected chi connectivity index (χ3v) is 4.31. The standard InChI is InChI=1S/C18H22N4O/c1-12-5-3-6-14(9-12)15-7-4-8-22(11-15)17(23)16-10-13(2)20-18(19)21-16/h3,5-6,9-10,15H,4,7-8,11H2,1-2H3,(H2,19,20,21)/t15-/m0/s1. The number of benzene rings is 1. The maximum atomic E-state index is 12.7. The van der Waals surface area contributed by atoms with E-state index in [0.29, 0.717) is 17.3 Å². The minimum atomic E-state index is -0.0560. The van der Waals surface area contributed by atoms with Crippen LogP contribution in [0.15, 0.2) is 30.3 Å². The SMILES string of the molecule is Cc1cccc([C@H]2CCCN(C(=O)c3cc(C)nc(N)n3)C2)c1. The van der Waals surface area contributed by atoms with Gasteiger partial charge in [-0.1, -0.05) is 29.8 Å². The number of likely N-dealkylation sites (tertiary alicyclic amines) is 1. The number of hydrogen-bond donors (Lipinski definition) is 1. The molecular formula is C18H22N4O. The van der Waals surface area contributed by atoms with E-state index in [0.717, 1.165) is 25.9 Å². The Hall–Kier alpha value is -2.43. The van der Waals surface area contributed by atoms with Crippen LogP contribution in [0.25, 0.3) is 0 Å². The van der Waals surface area contributed by atoms with Crippen molar-refractivity contribution in [3.8, 4) is 0 Å². The molecule has 1 aliphatic rings. The van der Waals surface area contributed by atoms with Gasteiger partial charge in [-0.25, -0.2) is 9.97 Å². The third-order valence-electron chi connectivity index (χ3n) is 4.31. The highest BCUT2D eigenvalue weighted by Crippen LogP contribution is 2.28. The number of aryl methyl sites for hydroxylation is 2. The van der Waals surface area contributed by atoms with Crippen LogP contribution in [-0.4, -0.2) is 33.9 Å². The number of nitrogens with two attached hydrogens (primary N) is 1. The second-order valence-electron chi connectivity index (χ2n) is 6.26. The maximum absolute atomic E-state index is 12.7. The molecule has 120 valence electrons. The van der Waals surface area contributed by atoms with Crippen molar-refractivity contribution < 1.29 is 4.79 Å². The largest absolute Gasteiger partial charge is 0.368 e. The van der Waals surface area contributed by atoms with Gasteiger partial charge in [-0.2, -0.15) is 0 Å². The lowest BCUT2D eigenvalue weighted by atomic mass is 9.89. The van der Waals surface area contributed by atoms with E-state index < -0.39 is 0 Å². The van der Waals surface area contributed by atoms with Gasteiger partial charge in [-0.15, -0.1) is 0 Å². The Morgan fingerprint density at radius 1 is 1.26 bits per heavy atom. The van der Waals surface area contributed by atoms with Gasteiger partial charge in [0, 0.05) is 24.7 Å². The fourth-order valence-corrected chi connectivity index (χ4v) is 3.22. The number of nitrogens with zero attached hydrogens (tertiary/aromatic N) is 3. The molecule has 0 bridgehead atoms. The number of nitrogen functional groups attached to an aromatic ring is 1. The van der Waals surface area contributed by atoms with E-state index in [1.807, 2.05) is 11.8 Å². The molecule has 2 aromatic rings. The van der Waals surface area contributed by atoms with Gasteiger partial charge in [0.15, 0.2) is 0 Å². The minimum absolute atomic E-state index is 0.0560. The number of hydrogen-bond acceptors (Lipinski definition) is 4. The quantitative estimate of drug-likeness (QED) is 0.925. The number of carbonyl (C=O) groups excluding carboxylic acids is 1. The summed E-state index contributed by atoms with van der Waals surface area (Å²) in [7, 11) is 0. The lowest BCUT2D eigenvalue weighted by Gasteiger charge is -2.33. The average molecular weight is 310 g/mol. The van der Waals surface area contributed by atoms with Crippen molar-refractivity contribution in [2.24, 2.45) is 0 Å². The van der Waals surface area contributed by atoms with Gasteiger partial charge in [0.25, 0.3) is 5.91 Å². The molecule has 1 aromatic carbocycles. The van der Waals surface area contributed by atoms with Crippen LogP contribution in [0.1, 0.15) is 46.1 Å². The second-order valence-corrected chi connectivity index (χ2v) is 6.26. The smallest absolute Gasteiger partial charge is 0.272 e. The van der Waals surface area contributed by atoms with Crippen molar-refractivity contribution in [2.75, 3.05) is 18.8 Å². The lowest BCUT2D eigenvalue weighted by molar-refractivity contribution is 0.0701. The molecule has 1 saturated heterocycles. The van der Waals surface area contributed by atoms with Crippen LogP contribution >= 0.6 is 0 Å². The molecule has 1 amide bonds. The number of piperidine rings is 1. The first-order chi connectivity index (χ1) is 11.0. The van der Waals surface area contributed by atoms with Crippen molar-refractivity contribution in [1.29, 1.82) is 0 Å². The Balaban J connectivity index is 1.79. The summed E-state index contributed by atoms with van der Waals surface area (Å²) in [4.78, 5) is 22.7. The van der Waals surface area contributed by atoms with Crippen LogP contribution in [0, 0.1) is 13.8 Å². The van der Waals surface area contributed by atoms with Crippen molar-refractivity contribution in [3.05, 3.63) is 52.8 Å². The Labute approximate surface area is 136 Å². The second kappa shape index (κ2) is 6.36. The summed E-state index contributed by atoms with van der Waals surface area (Å²) in [6, 6.07) is 10.3. The summed E-state index contributed by atoms with van der Waals surface area (Å²) >= 11 is 0. The van der Waals surface area contributed by atoms with E-state index in [4.69, 9.17) is 5.73 Å². The summed E-state index contributed by atoms with van der Waals surface area (Å²) < 4.78 is 0. The topological polar surface area (TPSA) is 72.1 Å². The molecule has 1 fully saturated rings. The molecule has 1 aromatic heterocycles. The molecule has 23 heavy (non-hydrogen) atoms. The van der Waals surface area contributed by atoms with Gasteiger partial charge in [-0.05, 0) is 38.3 Å². The number of anilines is 1. The monoisotopic (exact) mass is 310 g/mol. The molecule has 1 atom stereocenters. The Morgan fingerprint density at radius 2 is 2.09 bits per heavy atom. The van der Waals surface area contributed by atoms with Crippen molar-refractivity contribution in [1.82, 2.24) is 14.9 Å². The maximum Gasteiger partial charge on any atom is 0.272 e. The van der Waals surface area contributed by atoms with Crippen LogP contribution in [0.5, 0.6) is 0 Å². The molecular weight excluding hydrogens is 288 g/mol. The van der Waals surface area contributed by atoms with Crippen molar-refractivity contribution in [2.45, 2.75) is 32.6 Å². The summed E-state index contributed by atoms with van der Waals surface area (Å²) in [5.74, 6) is 0.480. The summed E-state index contributed by atoms with van der Waals surface area (Å²) in [5.41, 5.74) is 9.33. The summed E-state index contributed by atoms with van der Waals surface area (Å²) in [5, 5.41) is 0. The summed E-state index contributed by atoms with van der Waals surface area (Å²) in [6.07, 6.45) is 2.11. The zero-order valence-corrected chi connectivity index (χ0v) is 13.6. The first kappa shape index (κ1) is 15.5. The van der Waals surface area contributed by atoms with E-state index in [-0.39, 0.29) is 11.9 Å². The first-order valence-electron chi connectivity index (χ1n) is 8.00. The number of rotatable bonds is 2. The van der Waals surface area contributed by atoms with Crippen LogP contribution in [0.2, 0.25) is 0 Å². The van der Waals surface area contributed by atoms with Crippen LogP contribution in [0.4, 0.5) is 5.95 Å². The molecule has 2 N–H and O–H groups in total. The van der Waals surface area contributed by atoms with Crippen molar-refractivity contribution in [3.63, 3.8) is 0 Å². The van der Waals surface area contributed by atoms with Crippen molar-refractivity contribution >= 4 is 11.9 Å². The zero-order valence-electron chi connectivity index (χ0n) is 13.6. The molecule has 0 saturated carbocycles. The average Bonchev–Trinajstić information content (AvgIpc) is 2.53. The van der Waals surface area contributed by atoms with Crippen LogP contribution in [-0.2, 0) is 0 Å². The number of carbonyl (C=O) groups is 1. The van der Waals surface area contributed by atoms with Gasteiger partial charge in [0.2, 0.25) is 5.95 Å². The van der Waals surface area contributed by atoms with Gasteiger partial charge in [0.1, 0.15) is 5.69 Å². The summed E-state index contributed by atoms with van der Waals surface area (Å²) in [6.45, 7) is 5.41. The molecule has 0 radical (unpaired) electrons. The Bertz CT molecular complexity index is 708. The van der Waals surface area contributed by atoms with E-state index >= 15 is 0 Å². The molecule has 0 unspecified atom stereocenters. The fourth-order valence-electron chi connectivity index (χ4n) is 3.22. The van der Waals surface area contributed by atoms with Gasteiger partial charge in [0.05, 0.1) is 0 Å². The van der Waals surface area contributed by atoms with E-state index in [2.05, 4.69) is 41.2 Å². The van der Waals surface area contributed by atoms with Gasteiger partial charge >= 0.3 is 0 Å². The predicted molar refractivity (Wildman–Crippen MR) is 90.2 cm³/mol. The molecule has 0 aliphatic carbocycles. The molecule has 5 heteroatoms. The van der Waals surface area contributed by atoms with Crippen LogP contribution < -0.4 is 5.73 Å². The normalized spacial score (nSPS) is 18.0. The Kier molecular flexibility index (Phi) is 4.28. The van der Waals surface area contributed by atoms with E-state index in [9.17, 15) is 4.79 Å². The Morgan fingerprint density at radius 3 is 2.83 bits per heavy atom. The minimum Gasteiger partial charge on any atom is -0.368 e. The third kappa shape index (κ3) is 3.50. The molecule has 0 spiro atoms.